The second-order valence-electron chi connectivity index (χ2n) is 3.25. The Bertz CT molecular complexity index is 101. The van der Waals surface area contributed by atoms with Gasteiger partial charge in [-0.25, -0.2) is 5.32 Å². The van der Waals surface area contributed by atoms with Gasteiger partial charge in [0.2, 0.25) is 0 Å². The van der Waals surface area contributed by atoms with Crippen molar-refractivity contribution in [2.75, 3.05) is 13.1 Å². The van der Waals surface area contributed by atoms with Crippen molar-refractivity contribution in [3.05, 3.63) is 0 Å². The summed E-state index contributed by atoms with van der Waals surface area (Å²) in [4.78, 5) is 0. The van der Waals surface area contributed by atoms with E-state index in [4.69, 9.17) is 4.74 Å². The highest BCUT2D eigenvalue weighted by Gasteiger charge is 2.26. The van der Waals surface area contributed by atoms with Crippen LogP contribution in [0.4, 0.5) is 0 Å². The summed E-state index contributed by atoms with van der Waals surface area (Å²) in [7, 11) is 0. The van der Waals surface area contributed by atoms with Crippen molar-refractivity contribution in [2.24, 2.45) is 0 Å². The van der Waals surface area contributed by atoms with Crippen LogP contribution in [0.5, 0.6) is 0 Å². The average Bonchev–Trinajstić information content (AvgIpc) is 1.60. The number of morpholine rings is 1. The molecule has 2 heteroatoms. The number of rotatable bonds is 0. The Hall–Kier alpha value is -0.0800. The quantitative estimate of drug-likeness (QED) is 0.473. The first-order chi connectivity index (χ1) is 4.10. The molecule has 0 spiro atoms. The molecule has 0 aromatic carbocycles. The van der Waals surface area contributed by atoms with Crippen molar-refractivity contribution in [2.45, 2.75) is 32.5 Å². The van der Waals surface area contributed by atoms with E-state index in [-0.39, 0.29) is 5.60 Å². The van der Waals surface area contributed by atoms with Crippen molar-refractivity contribution in [3.63, 3.8) is 0 Å². The standard InChI is InChI=1S/C7H14NO/c1-6-4-8-5-7(2,3)9-6/h6H,4-5H2,1-3H3. The highest BCUT2D eigenvalue weighted by Crippen LogP contribution is 2.14. The van der Waals surface area contributed by atoms with Crippen molar-refractivity contribution >= 4 is 0 Å². The summed E-state index contributed by atoms with van der Waals surface area (Å²) >= 11 is 0. The zero-order valence-electron chi connectivity index (χ0n) is 6.35. The number of hydrogen-bond acceptors (Lipinski definition) is 1. The Balaban J connectivity index is 2.41. The third-order valence-electron chi connectivity index (χ3n) is 1.40. The Morgan fingerprint density at radius 2 is 2.22 bits per heavy atom. The molecule has 2 nitrogen and oxygen atoms in total. The summed E-state index contributed by atoms with van der Waals surface area (Å²) in [6.07, 6.45) is 0.314. The number of nitrogens with zero attached hydrogens (tertiary/aromatic N) is 1. The molecule has 0 aromatic heterocycles. The summed E-state index contributed by atoms with van der Waals surface area (Å²) in [6, 6.07) is 0. The van der Waals surface area contributed by atoms with Gasteiger partial charge in [-0.1, -0.05) is 0 Å². The van der Waals surface area contributed by atoms with Gasteiger partial charge in [0.05, 0.1) is 11.7 Å². The van der Waals surface area contributed by atoms with Gasteiger partial charge in [-0.15, -0.1) is 0 Å². The average molecular weight is 128 g/mol. The third kappa shape index (κ3) is 1.95. The molecule has 1 heterocycles. The SMILES string of the molecule is CC1C[N]CC(C)(C)O1. The monoisotopic (exact) mass is 128 g/mol. The molecule has 1 unspecified atom stereocenters. The van der Waals surface area contributed by atoms with Crippen LogP contribution in [0.1, 0.15) is 20.8 Å². The summed E-state index contributed by atoms with van der Waals surface area (Å²) < 4.78 is 5.58. The largest absolute Gasteiger partial charge is 0.370 e. The Morgan fingerprint density at radius 1 is 1.56 bits per heavy atom. The predicted molar refractivity (Wildman–Crippen MR) is 36.5 cm³/mol. The fraction of sp³-hybridized carbons (Fsp3) is 1.00. The highest BCUT2D eigenvalue weighted by molar-refractivity contribution is 4.78. The predicted octanol–water partition coefficient (Wildman–Crippen LogP) is 0.788. The Morgan fingerprint density at radius 3 is 2.56 bits per heavy atom. The van der Waals surface area contributed by atoms with Crippen molar-refractivity contribution in [1.82, 2.24) is 5.32 Å². The first kappa shape index (κ1) is 7.03. The highest BCUT2D eigenvalue weighted by atomic mass is 16.5. The molecule has 0 bridgehead atoms. The van der Waals surface area contributed by atoms with Crippen LogP contribution in [-0.2, 0) is 4.74 Å². The minimum Gasteiger partial charge on any atom is -0.370 e. The van der Waals surface area contributed by atoms with Crippen molar-refractivity contribution < 1.29 is 4.74 Å². The molecular formula is C7H14NO. The Labute approximate surface area is 56.6 Å². The van der Waals surface area contributed by atoms with E-state index in [0.29, 0.717) is 6.10 Å². The van der Waals surface area contributed by atoms with Gasteiger partial charge in [-0.2, -0.15) is 0 Å². The molecule has 0 aromatic rings. The van der Waals surface area contributed by atoms with Crippen LogP contribution in [-0.4, -0.2) is 24.8 Å². The van der Waals surface area contributed by atoms with E-state index in [9.17, 15) is 0 Å². The molecule has 1 fully saturated rings. The van der Waals surface area contributed by atoms with Gasteiger partial charge in [-0.3, -0.25) is 0 Å². The summed E-state index contributed by atoms with van der Waals surface area (Å²) in [5.74, 6) is 0. The molecule has 53 valence electrons. The molecule has 0 saturated carbocycles. The molecule has 9 heavy (non-hydrogen) atoms. The van der Waals surface area contributed by atoms with E-state index in [0.717, 1.165) is 13.1 Å². The van der Waals surface area contributed by atoms with Gasteiger partial charge >= 0.3 is 0 Å². The molecule has 0 amide bonds. The lowest BCUT2D eigenvalue weighted by Gasteiger charge is -2.33. The van der Waals surface area contributed by atoms with Crippen molar-refractivity contribution in [1.29, 1.82) is 0 Å². The molecule has 0 N–H and O–H groups in total. The van der Waals surface area contributed by atoms with Crippen LogP contribution in [0.2, 0.25) is 0 Å². The molecular weight excluding hydrogens is 114 g/mol. The fourth-order valence-electron chi connectivity index (χ4n) is 1.13. The first-order valence-corrected chi connectivity index (χ1v) is 3.41. The van der Waals surface area contributed by atoms with Gasteiger partial charge in [0, 0.05) is 13.1 Å². The third-order valence-corrected chi connectivity index (χ3v) is 1.40. The lowest BCUT2D eigenvalue weighted by atomic mass is 10.1. The van der Waals surface area contributed by atoms with Gasteiger partial charge in [-0.05, 0) is 20.8 Å². The van der Waals surface area contributed by atoms with Gasteiger partial charge < -0.3 is 4.74 Å². The number of ether oxygens (including phenoxy) is 1. The van der Waals surface area contributed by atoms with Crippen LogP contribution >= 0.6 is 0 Å². The zero-order valence-corrected chi connectivity index (χ0v) is 6.35. The van der Waals surface area contributed by atoms with E-state index in [1.165, 1.54) is 0 Å². The van der Waals surface area contributed by atoms with E-state index in [1.807, 2.05) is 0 Å². The molecule has 1 aliphatic rings. The maximum atomic E-state index is 5.58. The van der Waals surface area contributed by atoms with Gasteiger partial charge in [0.1, 0.15) is 0 Å². The number of hydrogen-bond donors (Lipinski definition) is 0. The first-order valence-electron chi connectivity index (χ1n) is 3.41. The summed E-state index contributed by atoms with van der Waals surface area (Å²) in [5.41, 5.74) is -0.0162. The molecule has 1 atom stereocenters. The zero-order chi connectivity index (χ0) is 6.91. The van der Waals surface area contributed by atoms with Crippen LogP contribution < -0.4 is 5.32 Å². The molecule has 1 radical (unpaired) electrons. The van der Waals surface area contributed by atoms with E-state index >= 15 is 0 Å². The second kappa shape index (κ2) is 2.27. The molecule has 1 saturated heterocycles. The minimum absolute atomic E-state index is 0.0162. The van der Waals surface area contributed by atoms with E-state index < -0.39 is 0 Å². The van der Waals surface area contributed by atoms with E-state index in [2.05, 4.69) is 26.1 Å². The summed E-state index contributed by atoms with van der Waals surface area (Å²) in [5, 5.41) is 4.29. The van der Waals surface area contributed by atoms with Gasteiger partial charge in [0.15, 0.2) is 0 Å². The van der Waals surface area contributed by atoms with Crippen LogP contribution in [0.3, 0.4) is 0 Å². The van der Waals surface area contributed by atoms with E-state index in [1.54, 1.807) is 0 Å². The van der Waals surface area contributed by atoms with Crippen molar-refractivity contribution in [3.8, 4) is 0 Å². The molecule has 1 aliphatic heterocycles. The topological polar surface area (TPSA) is 23.3 Å². The lowest BCUT2D eigenvalue weighted by Crippen LogP contribution is -2.45. The molecule has 1 rings (SSSR count). The maximum absolute atomic E-state index is 5.58. The van der Waals surface area contributed by atoms with Crippen LogP contribution in [0.25, 0.3) is 0 Å². The lowest BCUT2D eigenvalue weighted by molar-refractivity contribution is -0.0866. The van der Waals surface area contributed by atoms with Gasteiger partial charge in [0.25, 0.3) is 0 Å². The minimum atomic E-state index is -0.0162. The summed E-state index contributed by atoms with van der Waals surface area (Å²) in [6.45, 7) is 7.92. The molecule has 0 aliphatic carbocycles. The normalized spacial score (nSPS) is 34.3. The Kier molecular flexibility index (Phi) is 1.78. The van der Waals surface area contributed by atoms with Crippen LogP contribution in [0.15, 0.2) is 0 Å². The smallest absolute Gasteiger partial charge is 0.0771 e. The second-order valence-corrected chi connectivity index (χ2v) is 3.25. The maximum Gasteiger partial charge on any atom is 0.0771 e. The van der Waals surface area contributed by atoms with Crippen LogP contribution in [0, 0.1) is 0 Å². The fourth-order valence-corrected chi connectivity index (χ4v) is 1.13.